The number of benzene rings is 2. The Morgan fingerprint density at radius 3 is 2.43 bits per heavy atom. The first kappa shape index (κ1) is 26.2. The molecule has 0 aliphatic carbocycles. The third-order valence-electron chi connectivity index (χ3n) is 6.81. The van der Waals surface area contributed by atoms with E-state index in [9.17, 15) is 13.2 Å². The standard InChI is InChI=1S/C25H31Cl2N3O4S/c1-28-12-14-29(15-13-28)24(31)17-25(19-34-21-6-3-2-4-7-21)10-5-11-30(18-25)35(32,33)23-9-8-20(26)16-22(23)27/h2-4,6-9,16H,5,10-15,17-19H2,1H3/t25-/m1/s1. The number of para-hydroxylation sites is 1. The Labute approximate surface area is 217 Å². The molecule has 0 radical (unpaired) electrons. The lowest BCUT2D eigenvalue weighted by atomic mass is 9.78. The minimum absolute atomic E-state index is 0.0220. The highest BCUT2D eigenvalue weighted by Gasteiger charge is 2.43. The molecule has 190 valence electrons. The van der Waals surface area contributed by atoms with Crippen LogP contribution >= 0.6 is 23.2 Å². The fourth-order valence-corrected chi connectivity index (χ4v) is 7.08. The van der Waals surface area contributed by atoms with Gasteiger partial charge in [-0.05, 0) is 50.2 Å². The van der Waals surface area contributed by atoms with E-state index in [0.717, 1.165) is 13.1 Å². The molecule has 2 fully saturated rings. The fraction of sp³-hybridized carbons (Fsp3) is 0.480. The maximum Gasteiger partial charge on any atom is 0.244 e. The lowest BCUT2D eigenvalue weighted by molar-refractivity contribution is -0.136. The Bertz CT molecular complexity index is 1140. The largest absolute Gasteiger partial charge is 0.493 e. The molecule has 0 spiro atoms. The van der Waals surface area contributed by atoms with E-state index in [2.05, 4.69) is 4.90 Å². The number of carbonyl (C=O) groups is 1. The van der Waals surface area contributed by atoms with Crippen molar-refractivity contribution in [2.45, 2.75) is 24.2 Å². The van der Waals surface area contributed by atoms with Crippen molar-refractivity contribution in [2.24, 2.45) is 5.41 Å². The van der Waals surface area contributed by atoms with Gasteiger partial charge in [-0.3, -0.25) is 4.79 Å². The van der Waals surface area contributed by atoms with Gasteiger partial charge in [0.15, 0.2) is 0 Å². The number of piperazine rings is 1. The molecule has 0 bridgehead atoms. The zero-order valence-corrected chi connectivity index (χ0v) is 22.2. The van der Waals surface area contributed by atoms with E-state index in [1.54, 1.807) is 0 Å². The lowest BCUT2D eigenvalue weighted by Crippen LogP contribution is -2.53. The van der Waals surface area contributed by atoms with Crippen LogP contribution in [0.5, 0.6) is 5.75 Å². The molecule has 2 saturated heterocycles. The molecular formula is C25H31Cl2N3O4S. The van der Waals surface area contributed by atoms with E-state index in [1.807, 2.05) is 42.3 Å². The monoisotopic (exact) mass is 539 g/mol. The van der Waals surface area contributed by atoms with Crippen LogP contribution in [-0.4, -0.2) is 81.4 Å². The number of piperidine rings is 1. The maximum absolute atomic E-state index is 13.6. The molecule has 1 atom stereocenters. The summed E-state index contributed by atoms with van der Waals surface area (Å²) in [4.78, 5) is 17.5. The molecule has 2 aromatic carbocycles. The van der Waals surface area contributed by atoms with Gasteiger partial charge in [-0.15, -0.1) is 0 Å². The maximum atomic E-state index is 13.6. The van der Waals surface area contributed by atoms with Gasteiger partial charge in [-0.1, -0.05) is 41.4 Å². The van der Waals surface area contributed by atoms with Crippen molar-refractivity contribution in [3.8, 4) is 5.75 Å². The third kappa shape index (κ3) is 6.30. The average Bonchev–Trinajstić information content (AvgIpc) is 2.84. The van der Waals surface area contributed by atoms with Crippen LogP contribution in [0, 0.1) is 5.41 Å². The van der Waals surface area contributed by atoms with Crippen LogP contribution in [0.1, 0.15) is 19.3 Å². The third-order valence-corrected chi connectivity index (χ3v) is 9.37. The van der Waals surface area contributed by atoms with E-state index in [4.69, 9.17) is 27.9 Å². The number of rotatable bonds is 7. The van der Waals surface area contributed by atoms with Crippen molar-refractivity contribution in [1.29, 1.82) is 0 Å². The van der Waals surface area contributed by atoms with Crippen molar-refractivity contribution in [1.82, 2.24) is 14.1 Å². The van der Waals surface area contributed by atoms with E-state index in [-0.39, 0.29) is 35.4 Å². The van der Waals surface area contributed by atoms with Crippen molar-refractivity contribution in [2.75, 3.05) is 52.9 Å². The molecule has 2 aromatic rings. The quantitative estimate of drug-likeness (QED) is 0.531. The summed E-state index contributed by atoms with van der Waals surface area (Å²) >= 11 is 12.2. The second-order valence-electron chi connectivity index (χ2n) is 9.48. The minimum Gasteiger partial charge on any atom is -0.493 e. The highest BCUT2D eigenvalue weighted by atomic mass is 35.5. The highest BCUT2D eigenvalue weighted by Crippen LogP contribution is 2.38. The molecule has 10 heteroatoms. The van der Waals surface area contributed by atoms with Gasteiger partial charge in [0.05, 0.1) is 11.6 Å². The molecule has 1 amide bonds. The van der Waals surface area contributed by atoms with Crippen LogP contribution in [0.4, 0.5) is 0 Å². The molecule has 2 heterocycles. The van der Waals surface area contributed by atoms with Crippen molar-refractivity contribution >= 4 is 39.1 Å². The van der Waals surface area contributed by atoms with Crippen LogP contribution in [-0.2, 0) is 14.8 Å². The van der Waals surface area contributed by atoms with E-state index in [0.29, 0.717) is 43.2 Å². The van der Waals surface area contributed by atoms with Crippen LogP contribution in [0.2, 0.25) is 10.0 Å². The summed E-state index contributed by atoms with van der Waals surface area (Å²) in [5.41, 5.74) is -0.652. The number of hydrogen-bond acceptors (Lipinski definition) is 5. The fourth-order valence-electron chi connectivity index (χ4n) is 4.75. The Kier molecular flexibility index (Phi) is 8.28. The predicted octanol–water partition coefficient (Wildman–Crippen LogP) is 4.01. The normalized spacial score (nSPS) is 22.2. The van der Waals surface area contributed by atoms with E-state index >= 15 is 0 Å². The van der Waals surface area contributed by atoms with Gasteiger partial charge in [-0.2, -0.15) is 4.31 Å². The first-order valence-corrected chi connectivity index (χ1v) is 14.0. The molecule has 2 aliphatic rings. The Morgan fingerprint density at radius 1 is 1.03 bits per heavy atom. The van der Waals surface area contributed by atoms with Crippen molar-refractivity contribution < 1.29 is 17.9 Å². The Morgan fingerprint density at radius 2 is 1.74 bits per heavy atom. The second-order valence-corrected chi connectivity index (χ2v) is 12.2. The molecule has 2 aliphatic heterocycles. The van der Waals surface area contributed by atoms with Gasteiger partial charge in [-0.25, -0.2) is 8.42 Å². The summed E-state index contributed by atoms with van der Waals surface area (Å²) in [6.45, 7) is 3.79. The molecular weight excluding hydrogens is 509 g/mol. The van der Waals surface area contributed by atoms with Gasteiger partial charge in [0.25, 0.3) is 0 Å². The zero-order chi connectivity index (χ0) is 25.1. The van der Waals surface area contributed by atoms with E-state index in [1.165, 1.54) is 22.5 Å². The first-order valence-electron chi connectivity index (χ1n) is 11.8. The van der Waals surface area contributed by atoms with E-state index < -0.39 is 15.4 Å². The van der Waals surface area contributed by atoms with Gasteiger partial charge < -0.3 is 14.5 Å². The number of hydrogen-bond donors (Lipinski definition) is 0. The lowest BCUT2D eigenvalue weighted by Gasteiger charge is -2.43. The van der Waals surface area contributed by atoms with Gasteiger partial charge in [0, 0.05) is 56.1 Å². The van der Waals surface area contributed by atoms with Crippen LogP contribution in [0.25, 0.3) is 0 Å². The number of halogens is 2. The number of nitrogens with zero attached hydrogens (tertiary/aromatic N) is 3. The number of sulfonamides is 1. The molecule has 7 nitrogen and oxygen atoms in total. The van der Waals surface area contributed by atoms with Gasteiger partial charge in [0.2, 0.25) is 15.9 Å². The van der Waals surface area contributed by atoms with Gasteiger partial charge >= 0.3 is 0 Å². The number of carbonyl (C=O) groups excluding carboxylic acids is 1. The SMILES string of the molecule is CN1CCN(C(=O)C[C@]2(COc3ccccc3)CCCN(S(=O)(=O)c3ccc(Cl)cc3Cl)C2)CC1. The zero-order valence-electron chi connectivity index (χ0n) is 19.8. The number of ether oxygens (including phenoxy) is 1. The summed E-state index contributed by atoms with van der Waals surface area (Å²) < 4.78 is 34.7. The average molecular weight is 541 g/mol. The molecule has 0 unspecified atom stereocenters. The molecule has 0 aromatic heterocycles. The summed E-state index contributed by atoms with van der Waals surface area (Å²) in [7, 11) is -1.83. The highest BCUT2D eigenvalue weighted by molar-refractivity contribution is 7.89. The summed E-state index contributed by atoms with van der Waals surface area (Å²) in [6, 6.07) is 13.8. The smallest absolute Gasteiger partial charge is 0.244 e. The summed E-state index contributed by atoms with van der Waals surface area (Å²) in [5.74, 6) is 0.734. The summed E-state index contributed by atoms with van der Waals surface area (Å²) in [5, 5.41) is 0.457. The summed E-state index contributed by atoms with van der Waals surface area (Å²) in [6.07, 6.45) is 1.54. The minimum atomic E-state index is -3.88. The number of likely N-dealkylation sites (N-methyl/N-ethyl adjacent to an activating group) is 1. The van der Waals surface area contributed by atoms with Crippen LogP contribution in [0.15, 0.2) is 53.4 Å². The second kappa shape index (κ2) is 11.0. The predicted molar refractivity (Wildman–Crippen MR) is 138 cm³/mol. The molecule has 0 N–H and O–H groups in total. The van der Waals surface area contributed by atoms with Crippen molar-refractivity contribution in [3.63, 3.8) is 0 Å². The van der Waals surface area contributed by atoms with Gasteiger partial charge in [0.1, 0.15) is 10.6 Å². The van der Waals surface area contributed by atoms with Crippen molar-refractivity contribution in [3.05, 3.63) is 58.6 Å². The number of amides is 1. The first-order chi connectivity index (χ1) is 16.7. The molecule has 4 rings (SSSR count). The Hall–Kier alpha value is -1.84. The molecule has 0 saturated carbocycles. The van der Waals surface area contributed by atoms with Crippen LogP contribution in [0.3, 0.4) is 0 Å². The Balaban J connectivity index is 1.58. The van der Waals surface area contributed by atoms with Crippen LogP contribution < -0.4 is 4.74 Å². The molecule has 35 heavy (non-hydrogen) atoms. The topological polar surface area (TPSA) is 70.2 Å².